The van der Waals surface area contributed by atoms with Crippen LogP contribution < -0.4 is 0 Å². The first kappa shape index (κ1) is 8.02. The molecule has 0 N–H and O–H groups in total. The van der Waals surface area contributed by atoms with E-state index < -0.39 is 0 Å². The van der Waals surface area contributed by atoms with Gasteiger partial charge in [0.15, 0.2) is 0 Å². The highest BCUT2D eigenvalue weighted by Gasteiger charge is 2.00. The third-order valence-corrected chi connectivity index (χ3v) is 2.36. The van der Waals surface area contributed by atoms with Crippen LogP contribution in [0.15, 0.2) is 16.7 Å². The molecule has 1 aromatic rings. The molecule has 0 aliphatic carbocycles. The Balaban J connectivity index is 3.17. The van der Waals surface area contributed by atoms with Crippen LogP contribution in [-0.2, 0) is 5.88 Å². The molecule has 0 aliphatic rings. The van der Waals surface area contributed by atoms with E-state index in [1.54, 1.807) is 6.20 Å². The largest absolute Gasteiger partial charge is 0.261 e. The summed E-state index contributed by atoms with van der Waals surface area (Å²) in [7, 11) is 0. The molecule has 0 unspecified atom stereocenters. The van der Waals surface area contributed by atoms with Gasteiger partial charge in [-0.05, 0) is 13.0 Å². The molecule has 0 saturated heterocycles. The number of halogens is 2. The molecule has 0 aliphatic heterocycles. The first-order chi connectivity index (χ1) is 4.75. The topological polar surface area (TPSA) is 12.9 Å². The predicted molar refractivity (Wildman–Crippen MR) is 46.2 cm³/mol. The van der Waals surface area contributed by atoms with E-state index in [4.69, 9.17) is 11.6 Å². The molecule has 1 nitrogen and oxygen atoms in total. The molecule has 1 heterocycles. The van der Waals surface area contributed by atoms with Crippen molar-refractivity contribution >= 4 is 27.5 Å². The molecule has 10 heavy (non-hydrogen) atoms. The van der Waals surface area contributed by atoms with Crippen molar-refractivity contribution in [1.82, 2.24) is 4.98 Å². The number of hydrogen-bond acceptors (Lipinski definition) is 1. The summed E-state index contributed by atoms with van der Waals surface area (Å²) >= 11 is 9.05. The van der Waals surface area contributed by atoms with Crippen molar-refractivity contribution in [3.8, 4) is 0 Å². The molecule has 54 valence electrons. The average Bonchev–Trinajstić information content (AvgIpc) is 1.88. The second kappa shape index (κ2) is 3.35. The summed E-state index contributed by atoms with van der Waals surface area (Å²) in [5, 5.41) is 0. The minimum atomic E-state index is 0.514. The highest BCUT2D eigenvalue weighted by molar-refractivity contribution is 9.10. The molecule has 3 heteroatoms. The van der Waals surface area contributed by atoms with Gasteiger partial charge in [-0.1, -0.05) is 15.9 Å². The van der Waals surface area contributed by atoms with E-state index in [9.17, 15) is 0 Å². The van der Waals surface area contributed by atoms with Gasteiger partial charge in [-0.15, -0.1) is 11.6 Å². The monoisotopic (exact) mass is 219 g/mol. The van der Waals surface area contributed by atoms with Gasteiger partial charge in [-0.25, -0.2) is 0 Å². The lowest BCUT2D eigenvalue weighted by Crippen LogP contribution is -1.89. The van der Waals surface area contributed by atoms with Crippen molar-refractivity contribution in [3.05, 3.63) is 28.0 Å². The Kier molecular flexibility index (Phi) is 2.69. The standard InChI is InChI=1S/C7H7BrClN/c1-5-6(4-9)7(8)2-3-10-5/h2-3H,4H2,1H3. The van der Waals surface area contributed by atoms with Crippen LogP contribution in [-0.4, -0.2) is 4.98 Å². The maximum atomic E-state index is 5.67. The summed E-state index contributed by atoms with van der Waals surface area (Å²) in [5.74, 6) is 0.514. The Labute approximate surface area is 73.6 Å². The van der Waals surface area contributed by atoms with Crippen molar-refractivity contribution in [1.29, 1.82) is 0 Å². The highest BCUT2D eigenvalue weighted by Crippen LogP contribution is 2.19. The van der Waals surface area contributed by atoms with Crippen LogP contribution in [0.5, 0.6) is 0 Å². The Morgan fingerprint density at radius 2 is 2.40 bits per heavy atom. The van der Waals surface area contributed by atoms with E-state index in [1.165, 1.54) is 0 Å². The van der Waals surface area contributed by atoms with E-state index in [2.05, 4.69) is 20.9 Å². The van der Waals surface area contributed by atoms with Gasteiger partial charge in [0.2, 0.25) is 0 Å². The quantitative estimate of drug-likeness (QED) is 0.663. The molecule has 1 aromatic heterocycles. The van der Waals surface area contributed by atoms with E-state index >= 15 is 0 Å². The normalized spacial score (nSPS) is 9.90. The van der Waals surface area contributed by atoms with Crippen LogP contribution in [0.2, 0.25) is 0 Å². The minimum absolute atomic E-state index is 0.514. The SMILES string of the molecule is Cc1nccc(Br)c1CCl. The van der Waals surface area contributed by atoms with Gasteiger partial charge < -0.3 is 0 Å². The lowest BCUT2D eigenvalue weighted by atomic mass is 10.2. The zero-order valence-electron chi connectivity index (χ0n) is 5.56. The van der Waals surface area contributed by atoms with Gasteiger partial charge in [0.05, 0.1) is 5.88 Å². The second-order valence-corrected chi connectivity index (χ2v) is 3.11. The Hall–Kier alpha value is -0.0800. The molecular formula is C7H7BrClN. The molecule has 0 radical (unpaired) electrons. The van der Waals surface area contributed by atoms with Crippen LogP contribution in [0.25, 0.3) is 0 Å². The van der Waals surface area contributed by atoms with E-state index in [1.807, 2.05) is 13.0 Å². The van der Waals surface area contributed by atoms with Crippen molar-refractivity contribution in [2.24, 2.45) is 0 Å². The number of alkyl halides is 1. The van der Waals surface area contributed by atoms with E-state index in [0.717, 1.165) is 15.7 Å². The molecule has 0 atom stereocenters. The summed E-state index contributed by atoms with van der Waals surface area (Å²) in [4.78, 5) is 4.10. The number of aromatic nitrogens is 1. The molecule has 0 bridgehead atoms. The van der Waals surface area contributed by atoms with Gasteiger partial charge in [0.1, 0.15) is 0 Å². The molecule has 0 fully saturated rings. The molecular weight excluding hydrogens is 213 g/mol. The van der Waals surface area contributed by atoms with Crippen LogP contribution >= 0.6 is 27.5 Å². The van der Waals surface area contributed by atoms with Crippen molar-refractivity contribution in [2.45, 2.75) is 12.8 Å². The Morgan fingerprint density at radius 3 is 2.80 bits per heavy atom. The van der Waals surface area contributed by atoms with Gasteiger partial charge in [0, 0.05) is 21.9 Å². The highest BCUT2D eigenvalue weighted by atomic mass is 79.9. The summed E-state index contributed by atoms with van der Waals surface area (Å²) in [5.41, 5.74) is 2.06. The third kappa shape index (κ3) is 1.50. The zero-order chi connectivity index (χ0) is 7.56. The summed E-state index contributed by atoms with van der Waals surface area (Å²) in [6.07, 6.45) is 1.76. The fourth-order valence-electron chi connectivity index (χ4n) is 0.726. The van der Waals surface area contributed by atoms with E-state index in [0.29, 0.717) is 5.88 Å². The number of aryl methyl sites for hydroxylation is 1. The van der Waals surface area contributed by atoms with Crippen LogP contribution in [0.3, 0.4) is 0 Å². The summed E-state index contributed by atoms with van der Waals surface area (Å²) < 4.78 is 1.04. The lowest BCUT2D eigenvalue weighted by Gasteiger charge is -2.01. The second-order valence-electron chi connectivity index (χ2n) is 1.99. The van der Waals surface area contributed by atoms with Gasteiger partial charge in [-0.2, -0.15) is 0 Å². The first-order valence-corrected chi connectivity index (χ1v) is 4.24. The van der Waals surface area contributed by atoms with Crippen LogP contribution in [0.1, 0.15) is 11.3 Å². The number of nitrogens with zero attached hydrogens (tertiary/aromatic N) is 1. The maximum Gasteiger partial charge on any atom is 0.0503 e. The Morgan fingerprint density at radius 1 is 1.70 bits per heavy atom. The minimum Gasteiger partial charge on any atom is -0.261 e. The lowest BCUT2D eigenvalue weighted by molar-refractivity contribution is 1.12. The predicted octanol–water partition coefficient (Wildman–Crippen LogP) is 2.89. The summed E-state index contributed by atoms with van der Waals surface area (Å²) in [6.45, 7) is 1.95. The molecule has 0 saturated carbocycles. The maximum absolute atomic E-state index is 5.67. The Bertz CT molecular complexity index is 217. The third-order valence-electron chi connectivity index (χ3n) is 1.35. The molecule has 0 spiro atoms. The fourth-order valence-corrected chi connectivity index (χ4v) is 1.77. The van der Waals surface area contributed by atoms with Crippen molar-refractivity contribution in [2.75, 3.05) is 0 Å². The van der Waals surface area contributed by atoms with Gasteiger partial charge in [0.25, 0.3) is 0 Å². The molecule has 0 amide bonds. The molecule has 1 rings (SSSR count). The summed E-state index contributed by atoms with van der Waals surface area (Å²) in [6, 6.07) is 1.89. The number of hydrogen-bond donors (Lipinski definition) is 0. The van der Waals surface area contributed by atoms with E-state index in [-0.39, 0.29) is 0 Å². The zero-order valence-corrected chi connectivity index (χ0v) is 7.91. The van der Waals surface area contributed by atoms with Crippen LogP contribution in [0, 0.1) is 6.92 Å². The first-order valence-electron chi connectivity index (χ1n) is 2.91. The number of rotatable bonds is 1. The van der Waals surface area contributed by atoms with Crippen molar-refractivity contribution < 1.29 is 0 Å². The smallest absolute Gasteiger partial charge is 0.0503 e. The van der Waals surface area contributed by atoms with Crippen LogP contribution in [0.4, 0.5) is 0 Å². The van der Waals surface area contributed by atoms with Crippen molar-refractivity contribution in [3.63, 3.8) is 0 Å². The fraction of sp³-hybridized carbons (Fsp3) is 0.286. The van der Waals surface area contributed by atoms with Gasteiger partial charge in [-0.3, -0.25) is 4.98 Å². The number of pyridine rings is 1. The molecule has 0 aromatic carbocycles. The van der Waals surface area contributed by atoms with Gasteiger partial charge >= 0.3 is 0 Å². The average molecular weight is 220 g/mol.